The molecule has 0 saturated carbocycles. The minimum atomic E-state index is -0.593. The van der Waals surface area contributed by atoms with Crippen molar-refractivity contribution in [3.63, 3.8) is 0 Å². The highest BCUT2D eigenvalue weighted by Crippen LogP contribution is 2.14. The van der Waals surface area contributed by atoms with E-state index in [1.54, 1.807) is 30.8 Å². The number of halogens is 1. The Morgan fingerprint density at radius 3 is 2.67 bits per heavy atom. The molecule has 0 aliphatic heterocycles. The van der Waals surface area contributed by atoms with Crippen LogP contribution >= 0.6 is 15.9 Å². The van der Waals surface area contributed by atoms with Crippen LogP contribution in [0.4, 0.5) is 0 Å². The summed E-state index contributed by atoms with van der Waals surface area (Å²) in [5, 5.41) is 15.9. The smallest absolute Gasteiger partial charge is 0.271 e. The Bertz CT molecular complexity index is 682. The van der Waals surface area contributed by atoms with Crippen molar-refractivity contribution in [2.75, 3.05) is 6.54 Å². The van der Waals surface area contributed by atoms with Crippen molar-refractivity contribution in [3.05, 3.63) is 46.7 Å². The third-order valence-electron chi connectivity index (χ3n) is 2.91. The molecule has 2 aromatic rings. The van der Waals surface area contributed by atoms with Gasteiger partial charge in [0.1, 0.15) is 0 Å². The zero-order valence-corrected chi connectivity index (χ0v) is 13.4. The van der Waals surface area contributed by atoms with Gasteiger partial charge in [0.15, 0.2) is 5.69 Å². The summed E-state index contributed by atoms with van der Waals surface area (Å²) in [7, 11) is 0. The highest BCUT2D eigenvalue weighted by molar-refractivity contribution is 9.10. The number of nitriles is 1. The maximum Gasteiger partial charge on any atom is 0.271 e. The quantitative estimate of drug-likeness (QED) is 0.924. The molecule has 0 radical (unpaired) electrons. The predicted octanol–water partition coefficient (Wildman–Crippen LogP) is 2.91. The van der Waals surface area contributed by atoms with Crippen LogP contribution in [-0.2, 0) is 0 Å². The van der Waals surface area contributed by atoms with Gasteiger partial charge in [-0.3, -0.25) is 4.79 Å². The molecule has 5 nitrogen and oxygen atoms in total. The molecule has 0 fully saturated rings. The number of nitrogens with zero attached hydrogens (tertiary/aromatic N) is 3. The SMILES string of the molecule is CC(C)(C#N)CNC(=O)c1ccn(-c2ccc(Br)cc2)n1. The van der Waals surface area contributed by atoms with Crippen LogP contribution in [0, 0.1) is 16.7 Å². The van der Waals surface area contributed by atoms with Gasteiger partial charge in [-0.15, -0.1) is 0 Å². The first-order valence-electron chi connectivity index (χ1n) is 6.42. The van der Waals surface area contributed by atoms with Crippen molar-refractivity contribution in [2.45, 2.75) is 13.8 Å². The lowest BCUT2D eigenvalue weighted by Crippen LogP contribution is -2.33. The molecule has 2 rings (SSSR count). The average molecular weight is 347 g/mol. The van der Waals surface area contributed by atoms with Gasteiger partial charge in [-0.05, 0) is 44.2 Å². The topological polar surface area (TPSA) is 70.7 Å². The largest absolute Gasteiger partial charge is 0.349 e. The number of hydrogen-bond acceptors (Lipinski definition) is 3. The Balaban J connectivity index is 2.08. The molecule has 0 saturated heterocycles. The first-order valence-corrected chi connectivity index (χ1v) is 7.22. The maximum atomic E-state index is 12.0. The molecular formula is C15H15BrN4O. The van der Waals surface area contributed by atoms with Crippen LogP contribution in [0.3, 0.4) is 0 Å². The number of nitrogens with one attached hydrogen (secondary N) is 1. The molecule has 0 bridgehead atoms. The Kier molecular flexibility index (Phi) is 4.43. The van der Waals surface area contributed by atoms with Gasteiger partial charge in [-0.2, -0.15) is 10.4 Å². The third kappa shape index (κ3) is 3.92. The predicted molar refractivity (Wildman–Crippen MR) is 83.0 cm³/mol. The fourth-order valence-electron chi connectivity index (χ4n) is 1.61. The molecule has 1 aromatic carbocycles. The Morgan fingerprint density at radius 2 is 2.05 bits per heavy atom. The summed E-state index contributed by atoms with van der Waals surface area (Å²) in [5.74, 6) is -0.283. The number of hydrogen-bond donors (Lipinski definition) is 1. The lowest BCUT2D eigenvalue weighted by molar-refractivity contribution is 0.0938. The molecule has 6 heteroatoms. The lowest BCUT2D eigenvalue weighted by Gasteiger charge is -2.14. The summed E-state index contributed by atoms with van der Waals surface area (Å²) < 4.78 is 2.62. The van der Waals surface area contributed by atoms with E-state index in [4.69, 9.17) is 5.26 Å². The van der Waals surface area contributed by atoms with E-state index in [0.29, 0.717) is 5.69 Å². The van der Waals surface area contributed by atoms with Gasteiger partial charge >= 0.3 is 0 Å². The molecule has 0 aliphatic rings. The van der Waals surface area contributed by atoms with Gasteiger partial charge in [0.05, 0.1) is 17.2 Å². The second-order valence-electron chi connectivity index (χ2n) is 5.30. The molecule has 0 unspecified atom stereocenters. The fourth-order valence-corrected chi connectivity index (χ4v) is 1.88. The average Bonchev–Trinajstić information content (AvgIpc) is 2.95. The lowest BCUT2D eigenvalue weighted by atomic mass is 9.96. The maximum absolute atomic E-state index is 12.0. The van der Waals surface area contributed by atoms with E-state index < -0.39 is 5.41 Å². The van der Waals surface area contributed by atoms with Crippen LogP contribution in [0.2, 0.25) is 0 Å². The summed E-state index contributed by atoms with van der Waals surface area (Å²) >= 11 is 3.37. The number of carbonyl (C=O) groups is 1. The van der Waals surface area contributed by atoms with Gasteiger partial charge in [0.2, 0.25) is 0 Å². The van der Waals surface area contributed by atoms with Crippen LogP contribution in [0.25, 0.3) is 5.69 Å². The summed E-state index contributed by atoms with van der Waals surface area (Å²) in [6, 6.07) is 11.4. The van der Waals surface area contributed by atoms with Gasteiger partial charge in [-0.25, -0.2) is 4.68 Å². The number of aromatic nitrogens is 2. The van der Waals surface area contributed by atoms with Crippen LogP contribution in [0.5, 0.6) is 0 Å². The highest BCUT2D eigenvalue weighted by Gasteiger charge is 2.19. The fraction of sp³-hybridized carbons (Fsp3) is 0.267. The molecule has 1 heterocycles. The van der Waals surface area contributed by atoms with E-state index in [1.165, 1.54) is 0 Å². The van der Waals surface area contributed by atoms with Crippen molar-refractivity contribution < 1.29 is 4.79 Å². The van der Waals surface area contributed by atoms with Crippen LogP contribution in [0.15, 0.2) is 41.0 Å². The second kappa shape index (κ2) is 6.10. The summed E-state index contributed by atoms with van der Waals surface area (Å²) in [6.45, 7) is 3.83. The first kappa shape index (κ1) is 15.3. The van der Waals surface area contributed by atoms with Gasteiger partial charge in [0.25, 0.3) is 5.91 Å². The Labute approximate surface area is 131 Å². The van der Waals surface area contributed by atoms with E-state index >= 15 is 0 Å². The zero-order valence-electron chi connectivity index (χ0n) is 11.8. The van der Waals surface area contributed by atoms with Crippen LogP contribution < -0.4 is 5.32 Å². The molecule has 1 N–H and O–H groups in total. The number of benzene rings is 1. The van der Waals surface area contributed by atoms with Gasteiger partial charge in [0, 0.05) is 17.2 Å². The normalized spacial score (nSPS) is 11.0. The first-order chi connectivity index (χ1) is 9.91. The number of carbonyl (C=O) groups excluding carboxylic acids is 1. The second-order valence-corrected chi connectivity index (χ2v) is 6.22. The molecule has 1 aromatic heterocycles. The van der Waals surface area contributed by atoms with Crippen molar-refractivity contribution in [3.8, 4) is 11.8 Å². The molecule has 0 spiro atoms. The Hall–Kier alpha value is -2.13. The number of rotatable bonds is 4. The minimum absolute atomic E-state index is 0.283. The van der Waals surface area contributed by atoms with E-state index in [0.717, 1.165) is 10.2 Å². The standard InChI is InChI=1S/C15H15BrN4O/c1-15(2,9-17)10-18-14(21)13-7-8-20(19-13)12-5-3-11(16)4-6-12/h3-8H,10H2,1-2H3,(H,18,21). The molecule has 108 valence electrons. The van der Waals surface area contributed by atoms with Crippen molar-refractivity contribution in [1.82, 2.24) is 15.1 Å². The molecular weight excluding hydrogens is 332 g/mol. The number of amides is 1. The third-order valence-corrected chi connectivity index (χ3v) is 3.44. The molecule has 0 atom stereocenters. The van der Waals surface area contributed by atoms with E-state index in [2.05, 4.69) is 32.4 Å². The Morgan fingerprint density at radius 1 is 1.38 bits per heavy atom. The summed E-state index contributed by atoms with van der Waals surface area (Å²) in [4.78, 5) is 12.0. The van der Waals surface area contributed by atoms with Crippen LogP contribution in [0.1, 0.15) is 24.3 Å². The minimum Gasteiger partial charge on any atom is -0.349 e. The highest BCUT2D eigenvalue weighted by atomic mass is 79.9. The van der Waals surface area contributed by atoms with Crippen LogP contribution in [-0.4, -0.2) is 22.2 Å². The van der Waals surface area contributed by atoms with Crippen molar-refractivity contribution >= 4 is 21.8 Å². The monoisotopic (exact) mass is 346 g/mol. The van der Waals surface area contributed by atoms with E-state index in [9.17, 15) is 4.79 Å². The van der Waals surface area contributed by atoms with E-state index in [1.807, 2.05) is 24.3 Å². The van der Waals surface area contributed by atoms with Crippen molar-refractivity contribution in [1.29, 1.82) is 5.26 Å². The van der Waals surface area contributed by atoms with Gasteiger partial charge < -0.3 is 5.32 Å². The molecule has 21 heavy (non-hydrogen) atoms. The summed E-state index contributed by atoms with van der Waals surface area (Å²) in [5.41, 5.74) is 0.602. The zero-order chi connectivity index (χ0) is 15.5. The molecule has 0 aliphatic carbocycles. The van der Waals surface area contributed by atoms with Crippen molar-refractivity contribution in [2.24, 2.45) is 5.41 Å². The molecule has 1 amide bonds. The summed E-state index contributed by atoms with van der Waals surface area (Å²) in [6.07, 6.45) is 1.73. The van der Waals surface area contributed by atoms with Gasteiger partial charge in [-0.1, -0.05) is 15.9 Å². The van der Waals surface area contributed by atoms with E-state index in [-0.39, 0.29) is 12.5 Å².